The Balaban J connectivity index is 1.85. The predicted octanol–water partition coefficient (Wildman–Crippen LogP) is 5.84. The van der Waals surface area contributed by atoms with E-state index in [1.165, 1.54) is 0 Å². The lowest BCUT2D eigenvalue weighted by Gasteiger charge is -2.07. The number of hydrogen-bond acceptors (Lipinski definition) is 5. The van der Waals surface area contributed by atoms with E-state index < -0.39 is 9.84 Å². The van der Waals surface area contributed by atoms with Crippen molar-refractivity contribution in [1.82, 2.24) is 4.98 Å². The summed E-state index contributed by atoms with van der Waals surface area (Å²) >= 11 is 0. The van der Waals surface area contributed by atoms with Crippen molar-refractivity contribution in [3.8, 4) is 11.5 Å². The molecule has 0 unspecified atom stereocenters. The minimum atomic E-state index is -3.88. The van der Waals surface area contributed by atoms with Crippen molar-refractivity contribution >= 4 is 21.4 Å². The third-order valence-corrected chi connectivity index (χ3v) is 6.55. The highest BCUT2D eigenvalue weighted by Gasteiger charge is 2.29. The Hall–Kier alpha value is -3.38. The van der Waals surface area contributed by atoms with Gasteiger partial charge in [0, 0.05) is 11.3 Å². The molecule has 0 fully saturated rings. The molecular weight excluding hydrogens is 396 g/mol. The second kappa shape index (κ2) is 7.80. The van der Waals surface area contributed by atoms with Crippen LogP contribution in [0.2, 0.25) is 0 Å². The van der Waals surface area contributed by atoms with Crippen molar-refractivity contribution in [2.45, 2.75) is 30.7 Å². The van der Waals surface area contributed by atoms with Crippen LogP contribution in [0.3, 0.4) is 0 Å². The number of oxazole rings is 1. The standard InChI is InChI=1S/C24H22N2O3S/c1-16-8-12-19(13-9-16)25-23-24(30(27,28)20-14-10-17(2)11-15-20)26-22(29-23)21-7-5-4-6-18(21)3/h4-15,25H,1-3H3. The van der Waals surface area contributed by atoms with Crippen molar-refractivity contribution in [3.05, 3.63) is 89.5 Å². The number of nitrogens with zero attached hydrogens (tertiary/aromatic N) is 1. The first-order valence-corrected chi connectivity index (χ1v) is 11.1. The minimum Gasteiger partial charge on any atom is -0.419 e. The first kappa shape index (κ1) is 19.9. The molecule has 6 heteroatoms. The van der Waals surface area contributed by atoms with Gasteiger partial charge in [-0.3, -0.25) is 0 Å². The van der Waals surface area contributed by atoms with E-state index in [0.29, 0.717) is 5.69 Å². The molecule has 3 aromatic carbocycles. The molecule has 0 aliphatic heterocycles. The van der Waals surface area contributed by atoms with Crippen LogP contribution in [0.5, 0.6) is 0 Å². The van der Waals surface area contributed by atoms with Crippen LogP contribution in [0, 0.1) is 20.8 Å². The highest BCUT2D eigenvalue weighted by molar-refractivity contribution is 7.91. The van der Waals surface area contributed by atoms with E-state index in [-0.39, 0.29) is 21.7 Å². The van der Waals surface area contributed by atoms with Crippen LogP contribution < -0.4 is 5.32 Å². The molecular formula is C24H22N2O3S. The van der Waals surface area contributed by atoms with Crippen LogP contribution in [0.25, 0.3) is 11.5 Å². The zero-order valence-corrected chi connectivity index (χ0v) is 17.8. The van der Waals surface area contributed by atoms with Crippen molar-refractivity contribution in [3.63, 3.8) is 0 Å². The van der Waals surface area contributed by atoms with Gasteiger partial charge in [-0.05, 0) is 56.7 Å². The average Bonchev–Trinajstić information content (AvgIpc) is 3.15. The number of rotatable bonds is 5. The van der Waals surface area contributed by atoms with Gasteiger partial charge in [0.1, 0.15) is 0 Å². The van der Waals surface area contributed by atoms with Crippen molar-refractivity contribution in [1.29, 1.82) is 0 Å². The Bertz CT molecular complexity index is 1290. The first-order chi connectivity index (χ1) is 14.3. The Morgan fingerprint density at radius 3 is 2.03 bits per heavy atom. The summed E-state index contributed by atoms with van der Waals surface area (Å²) in [5.74, 6) is 0.353. The highest BCUT2D eigenvalue weighted by Crippen LogP contribution is 2.35. The van der Waals surface area contributed by atoms with Gasteiger partial charge in [0.2, 0.25) is 26.6 Å². The van der Waals surface area contributed by atoms with E-state index >= 15 is 0 Å². The van der Waals surface area contributed by atoms with E-state index in [0.717, 1.165) is 22.3 Å². The van der Waals surface area contributed by atoms with Crippen molar-refractivity contribution in [2.24, 2.45) is 0 Å². The van der Waals surface area contributed by atoms with Crippen LogP contribution in [0.1, 0.15) is 16.7 Å². The number of sulfone groups is 1. The molecule has 0 saturated heterocycles. The van der Waals surface area contributed by atoms with Gasteiger partial charge >= 0.3 is 0 Å². The molecule has 0 atom stereocenters. The molecule has 4 rings (SSSR count). The Morgan fingerprint density at radius 2 is 1.40 bits per heavy atom. The number of benzene rings is 3. The van der Waals surface area contributed by atoms with Crippen molar-refractivity contribution < 1.29 is 12.8 Å². The first-order valence-electron chi connectivity index (χ1n) is 9.57. The van der Waals surface area contributed by atoms with E-state index in [4.69, 9.17) is 4.42 Å². The van der Waals surface area contributed by atoms with Crippen LogP contribution in [0.15, 0.2) is 87.1 Å². The van der Waals surface area contributed by atoms with Gasteiger partial charge in [0.25, 0.3) is 0 Å². The summed E-state index contributed by atoms with van der Waals surface area (Å²) in [6, 6.07) is 21.9. The van der Waals surface area contributed by atoms with Crippen molar-refractivity contribution in [2.75, 3.05) is 5.32 Å². The molecule has 30 heavy (non-hydrogen) atoms. The summed E-state index contributed by atoms with van der Waals surface area (Å²) in [5.41, 5.74) is 4.49. The Kier molecular flexibility index (Phi) is 5.18. The summed E-state index contributed by atoms with van der Waals surface area (Å²) < 4.78 is 32.7. The Labute approximate surface area is 176 Å². The van der Waals surface area contributed by atoms with Crippen LogP contribution in [-0.4, -0.2) is 13.4 Å². The number of anilines is 2. The topological polar surface area (TPSA) is 72.2 Å². The van der Waals surface area contributed by atoms with Gasteiger partial charge < -0.3 is 9.73 Å². The lowest BCUT2D eigenvalue weighted by molar-refractivity contribution is 0.581. The molecule has 0 bridgehead atoms. The Morgan fingerprint density at radius 1 is 0.800 bits per heavy atom. The molecule has 1 N–H and O–H groups in total. The fraction of sp³-hybridized carbons (Fsp3) is 0.125. The fourth-order valence-electron chi connectivity index (χ4n) is 3.09. The third kappa shape index (κ3) is 3.86. The normalized spacial score (nSPS) is 11.4. The summed E-state index contributed by atoms with van der Waals surface area (Å²) in [7, 11) is -3.88. The lowest BCUT2D eigenvalue weighted by atomic mass is 10.1. The second-order valence-electron chi connectivity index (χ2n) is 7.28. The molecule has 1 aromatic heterocycles. The van der Waals surface area contributed by atoms with Crippen LogP contribution in [0.4, 0.5) is 11.6 Å². The van der Waals surface area contributed by atoms with E-state index in [9.17, 15) is 8.42 Å². The zero-order valence-electron chi connectivity index (χ0n) is 17.0. The van der Waals surface area contributed by atoms with E-state index in [1.807, 2.05) is 69.3 Å². The van der Waals surface area contributed by atoms with E-state index in [1.54, 1.807) is 24.3 Å². The minimum absolute atomic E-state index is 0.0951. The molecule has 0 aliphatic rings. The van der Waals surface area contributed by atoms with Gasteiger partial charge in [-0.2, -0.15) is 4.98 Å². The number of nitrogens with one attached hydrogen (secondary N) is 1. The molecule has 152 valence electrons. The van der Waals surface area contributed by atoms with Gasteiger partial charge in [-0.1, -0.05) is 53.6 Å². The van der Waals surface area contributed by atoms with Gasteiger partial charge in [-0.25, -0.2) is 8.42 Å². The SMILES string of the molecule is Cc1ccc(Nc2oc(-c3ccccc3C)nc2S(=O)(=O)c2ccc(C)cc2)cc1. The number of hydrogen-bond donors (Lipinski definition) is 1. The summed E-state index contributed by atoms with van der Waals surface area (Å²) in [6.45, 7) is 5.83. The molecule has 1 heterocycles. The third-order valence-electron chi connectivity index (χ3n) is 4.87. The molecule has 0 saturated carbocycles. The summed E-state index contributed by atoms with van der Waals surface area (Å²) in [5, 5.41) is 2.95. The monoisotopic (exact) mass is 418 g/mol. The second-order valence-corrected chi connectivity index (χ2v) is 9.14. The average molecular weight is 419 g/mol. The highest BCUT2D eigenvalue weighted by atomic mass is 32.2. The molecule has 0 amide bonds. The van der Waals surface area contributed by atoms with Crippen LogP contribution >= 0.6 is 0 Å². The predicted molar refractivity (Wildman–Crippen MR) is 118 cm³/mol. The van der Waals surface area contributed by atoms with Crippen LogP contribution in [-0.2, 0) is 9.84 Å². The smallest absolute Gasteiger partial charge is 0.238 e. The molecule has 0 spiro atoms. The maximum Gasteiger partial charge on any atom is 0.238 e. The zero-order chi connectivity index (χ0) is 21.3. The largest absolute Gasteiger partial charge is 0.419 e. The molecule has 4 aromatic rings. The molecule has 0 aliphatic carbocycles. The van der Waals surface area contributed by atoms with Gasteiger partial charge in [0.05, 0.1) is 4.90 Å². The summed E-state index contributed by atoms with van der Waals surface area (Å²) in [4.78, 5) is 4.58. The molecule has 5 nitrogen and oxygen atoms in total. The summed E-state index contributed by atoms with van der Waals surface area (Å²) in [6.07, 6.45) is 0. The lowest BCUT2D eigenvalue weighted by Crippen LogP contribution is -2.05. The number of aryl methyl sites for hydroxylation is 3. The fourth-order valence-corrected chi connectivity index (χ4v) is 4.35. The van der Waals surface area contributed by atoms with E-state index in [2.05, 4.69) is 10.3 Å². The van der Waals surface area contributed by atoms with Gasteiger partial charge in [0.15, 0.2) is 0 Å². The maximum absolute atomic E-state index is 13.4. The maximum atomic E-state index is 13.4. The number of aromatic nitrogens is 1. The molecule has 0 radical (unpaired) electrons. The van der Waals surface area contributed by atoms with Gasteiger partial charge in [-0.15, -0.1) is 0 Å². The quantitative estimate of drug-likeness (QED) is 0.441.